The first kappa shape index (κ1) is 35.4. The third-order valence-corrected chi connectivity index (χ3v) is 10.5. The van der Waals surface area contributed by atoms with Gasteiger partial charge in [0.25, 0.3) is 5.91 Å². The molecule has 0 spiro atoms. The monoisotopic (exact) mass is 680 g/mol. The number of carbonyl (C=O) groups is 2. The number of Topliss-reactive ketones (excluding diaryl/α,β-unsaturated/α-hetero) is 1. The van der Waals surface area contributed by atoms with Crippen molar-refractivity contribution in [3.8, 4) is 0 Å². The van der Waals surface area contributed by atoms with Gasteiger partial charge >= 0.3 is 7.27 Å². The summed E-state index contributed by atoms with van der Waals surface area (Å²) in [6.07, 6.45) is 11.6. The fourth-order valence-electron chi connectivity index (χ4n) is 7.75. The molecule has 4 aliphatic rings. The maximum Gasteiger partial charge on any atom is 0.545 e. The number of aliphatic imine (C=N–C) groups is 1. The molecule has 2 aromatic carbocycles. The lowest BCUT2D eigenvalue weighted by molar-refractivity contribution is -0.123. The zero-order chi connectivity index (χ0) is 35.4. The predicted molar refractivity (Wildman–Crippen MR) is 194 cm³/mol. The van der Waals surface area contributed by atoms with Gasteiger partial charge in [-0.3, -0.25) is 23.2 Å². The smallest absolute Gasteiger partial charge is 0.339 e. The van der Waals surface area contributed by atoms with Gasteiger partial charge in [0.2, 0.25) is 0 Å². The van der Waals surface area contributed by atoms with Crippen LogP contribution in [0.15, 0.2) is 99.3 Å². The van der Waals surface area contributed by atoms with E-state index in [-0.39, 0.29) is 29.1 Å². The van der Waals surface area contributed by atoms with Crippen molar-refractivity contribution in [2.45, 2.75) is 78.1 Å². The Bertz CT molecular complexity index is 1840. The predicted octanol–water partition coefficient (Wildman–Crippen LogP) is 8.46. The molecule has 3 heterocycles. The Morgan fingerprint density at radius 3 is 2.70 bits per heavy atom. The summed E-state index contributed by atoms with van der Waals surface area (Å²) < 4.78 is 42.6. The van der Waals surface area contributed by atoms with E-state index in [0.29, 0.717) is 56.6 Å². The van der Waals surface area contributed by atoms with Gasteiger partial charge in [0.1, 0.15) is 11.6 Å². The highest BCUT2D eigenvalue weighted by atomic mass is 19.2. The molecule has 260 valence electrons. The van der Waals surface area contributed by atoms with Crippen LogP contribution in [-0.4, -0.2) is 48.4 Å². The summed E-state index contributed by atoms with van der Waals surface area (Å²) in [5, 5.41) is 4.49. The van der Waals surface area contributed by atoms with Gasteiger partial charge in [-0.15, -0.1) is 0 Å². The van der Waals surface area contributed by atoms with Gasteiger partial charge in [0.05, 0.1) is 23.5 Å². The van der Waals surface area contributed by atoms with Gasteiger partial charge in [0.15, 0.2) is 0 Å². The standard InChI is InChI=1S/C40H44BF3N4O2/c1-25-20-26(2)39(41(43)44)27(3)34(25)23-32-13-12-31(46-32)14-16-38(49)29-8-6-7-18-48(19-17-29)40(50)35-21-28(11-15-36(35)42)22-37-33-10-5-4-9-30(33)24-45-47-37/h4-5,9-13,15,20-21,23,27,29,39,45H,6-8,14,16-19,22,24H2,1-3H3/b32-23-. The van der Waals surface area contributed by atoms with E-state index in [1.54, 1.807) is 24.0 Å². The molecule has 6 rings (SSSR count). The average Bonchev–Trinajstić information content (AvgIpc) is 3.53. The number of nitrogens with zero attached hydrogens (tertiary/aromatic N) is 3. The topological polar surface area (TPSA) is 74.1 Å². The number of hydrogen-bond donors (Lipinski definition) is 1. The maximum absolute atomic E-state index is 15.1. The molecule has 1 amide bonds. The second-order valence-electron chi connectivity index (χ2n) is 14.0. The van der Waals surface area contributed by atoms with Gasteiger partial charge in [-0.2, -0.15) is 5.10 Å². The van der Waals surface area contributed by atoms with E-state index < -0.39 is 18.9 Å². The first-order chi connectivity index (χ1) is 24.1. The number of nitrogens with one attached hydrogen (secondary N) is 1. The molecule has 50 heavy (non-hydrogen) atoms. The first-order valence-corrected chi connectivity index (χ1v) is 17.7. The number of benzene rings is 2. The van der Waals surface area contributed by atoms with Gasteiger partial charge in [-0.05, 0) is 98.1 Å². The van der Waals surface area contributed by atoms with Crippen LogP contribution >= 0.6 is 0 Å². The summed E-state index contributed by atoms with van der Waals surface area (Å²) in [5.74, 6) is -2.08. The highest BCUT2D eigenvalue weighted by Crippen LogP contribution is 2.42. The lowest BCUT2D eigenvalue weighted by Crippen LogP contribution is -2.36. The number of likely N-dealkylation sites (tertiary alicyclic amines) is 1. The molecule has 0 radical (unpaired) electrons. The molecular weight excluding hydrogens is 636 g/mol. The summed E-state index contributed by atoms with van der Waals surface area (Å²) in [5.41, 5.74) is 11.0. The number of halogens is 3. The summed E-state index contributed by atoms with van der Waals surface area (Å²) >= 11 is 0. The molecule has 1 N–H and O–H groups in total. The molecule has 1 fully saturated rings. The Hall–Kier alpha value is -4.47. The SMILES string of the molecule is CC1=CC(C)=C(/C=C2/C=CC(CCC(=O)C3CCCCN(C(=O)c4cc(CC5=NNCc6ccccc65)ccc4F)CC3)=N2)C(C)C1B(F)F. The van der Waals surface area contributed by atoms with Crippen molar-refractivity contribution in [1.82, 2.24) is 10.3 Å². The average molecular weight is 681 g/mol. The fraction of sp³-hybridized carbons (Fsp3) is 0.400. The van der Waals surface area contributed by atoms with E-state index in [1.165, 1.54) is 6.07 Å². The minimum atomic E-state index is -2.43. The Balaban J connectivity index is 1.05. The van der Waals surface area contributed by atoms with E-state index in [1.807, 2.05) is 56.4 Å². The molecule has 2 aromatic rings. The van der Waals surface area contributed by atoms with Crippen LogP contribution in [0.2, 0.25) is 5.82 Å². The quantitative estimate of drug-likeness (QED) is 0.270. The molecule has 0 aromatic heterocycles. The van der Waals surface area contributed by atoms with Crippen LogP contribution in [0.3, 0.4) is 0 Å². The number of rotatable bonds is 9. The van der Waals surface area contributed by atoms with Crippen molar-refractivity contribution in [2.24, 2.45) is 21.9 Å². The van der Waals surface area contributed by atoms with E-state index >= 15 is 4.39 Å². The third kappa shape index (κ3) is 7.95. The summed E-state index contributed by atoms with van der Waals surface area (Å²) in [6, 6.07) is 12.7. The third-order valence-electron chi connectivity index (χ3n) is 10.5. The molecule has 6 nitrogen and oxygen atoms in total. The highest BCUT2D eigenvalue weighted by molar-refractivity contribution is 6.46. The number of ketones is 1. The molecule has 1 saturated heterocycles. The van der Waals surface area contributed by atoms with Crippen LogP contribution in [0.5, 0.6) is 0 Å². The molecule has 3 aliphatic heterocycles. The lowest BCUT2D eigenvalue weighted by Gasteiger charge is -2.29. The molecule has 3 atom stereocenters. The van der Waals surface area contributed by atoms with Gasteiger partial charge in [-0.25, -0.2) is 4.39 Å². The van der Waals surface area contributed by atoms with Crippen molar-refractivity contribution >= 4 is 30.4 Å². The van der Waals surface area contributed by atoms with Crippen molar-refractivity contribution in [1.29, 1.82) is 0 Å². The van der Waals surface area contributed by atoms with E-state index in [2.05, 4.69) is 16.6 Å². The van der Waals surface area contributed by atoms with E-state index in [9.17, 15) is 18.2 Å². The van der Waals surface area contributed by atoms with Gasteiger partial charge < -0.3 is 10.3 Å². The van der Waals surface area contributed by atoms with Crippen LogP contribution < -0.4 is 5.43 Å². The Labute approximate surface area is 293 Å². The summed E-state index contributed by atoms with van der Waals surface area (Å²) in [6.45, 7) is 7.10. The second kappa shape index (κ2) is 15.6. The van der Waals surface area contributed by atoms with Gasteiger partial charge in [-0.1, -0.05) is 55.3 Å². The highest BCUT2D eigenvalue weighted by Gasteiger charge is 2.38. The van der Waals surface area contributed by atoms with Crippen LogP contribution in [0, 0.1) is 17.7 Å². The number of amides is 1. The van der Waals surface area contributed by atoms with Crippen LogP contribution in [0.4, 0.5) is 13.0 Å². The Morgan fingerprint density at radius 1 is 1.06 bits per heavy atom. The number of carbonyl (C=O) groups excluding carboxylic acids is 2. The van der Waals surface area contributed by atoms with Crippen LogP contribution in [0.1, 0.15) is 86.3 Å². The van der Waals surface area contributed by atoms with Crippen molar-refractivity contribution in [3.05, 3.63) is 117 Å². The van der Waals surface area contributed by atoms with Crippen molar-refractivity contribution in [3.63, 3.8) is 0 Å². The van der Waals surface area contributed by atoms with Crippen LogP contribution in [-0.2, 0) is 17.8 Å². The zero-order valence-electron chi connectivity index (χ0n) is 29.0. The molecule has 3 unspecified atom stereocenters. The number of fused-ring (bicyclic) bond motifs is 1. The molecular formula is C40H44BF3N4O2. The minimum absolute atomic E-state index is 0.0444. The molecule has 0 bridgehead atoms. The van der Waals surface area contributed by atoms with E-state index in [4.69, 9.17) is 4.99 Å². The summed E-state index contributed by atoms with van der Waals surface area (Å²) in [4.78, 5) is 33.5. The fourth-order valence-corrected chi connectivity index (χ4v) is 7.75. The largest absolute Gasteiger partial charge is 0.545 e. The molecule has 10 heteroatoms. The van der Waals surface area contributed by atoms with Crippen molar-refractivity contribution < 1.29 is 22.6 Å². The summed E-state index contributed by atoms with van der Waals surface area (Å²) in [7, 11) is -2.43. The molecule has 0 saturated carbocycles. The van der Waals surface area contributed by atoms with Gasteiger partial charge in [0, 0.05) is 48.9 Å². The normalized spacial score (nSPS) is 23.0. The van der Waals surface area contributed by atoms with E-state index in [0.717, 1.165) is 58.5 Å². The number of hydrazone groups is 1. The zero-order valence-corrected chi connectivity index (χ0v) is 29.0. The lowest BCUT2D eigenvalue weighted by atomic mass is 9.61. The Morgan fingerprint density at radius 2 is 1.88 bits per heavy atom. The first-order valence-electron chi connectivity index (χ1n) is 17.7. The second-order valence-corrected chi connectivity index (χ2v) is 14.0. The number of hydrogen-bond acceptors (Lipinski definition) is 5. The Kier molecular flexibility index (Phi) is 11.0. The van der Waals surface area contributed by atoms with Crippen molar-refractivity contribution in [2.75, 3.05) is 13.1 Å². The number of allylic oxidation sites excluding steroid dienone is 7. The van der Waals surface area contributed by atoms with Crippen LogP contribution in [0.25, 0.3) is 0 Å². The molecule has 1 aliphatic carbocycles. The minimum Gasteiger partial charge on any atom is -0.339 e. The maximum atomic E-state index is 15.1.